The first kappa shape index (κ1) is 18.5. The molecule has 1 amide bonds. The maximum Gasteiger partial charge on any atom is 0.242 e. The highest BCUT2D eigenvalue weighted by molar-refractivity contribution is 6.30. The molecule has 0 aliphatic carbocycles. The fraction of sp³-hybridized carbons (Fsp3) is 0.444. The van der Waals surface area contributed by atoms with Crippen LogP contribution in [0.15, 0.2) is 30.3 Å². The van der Waals surface area contributed by atoms with Gasteiger partial charge in [-0.25, -0.2) is 0 Å². The number of nitrogens with zero attached hydrogens (tertiary/aromatic N) is 3. The van der Waals surface area contributed by atoms with Crippen molar-refractivity contribution in [2.45, 2.75) is 32.9 Å². The SMILES string of the molecule is Cc1cc(C)n(CC(=O)NC(CCN(C)C)c2ccc(Cl)cc2)n1. The van der Waals surface area contributed by atoms with Crippen molar-refractivity contribution in [2.24, 2.45) is 0 Å². The minimum absolute atomic E-state index is 0.0418. The molecule has 5 nitrogen and oxygen atoms in total. The number of halogens is 1. The zero-order chi connectivity index (χ0) is 17.7. The van der Waals surface area contributed by atoms with Crippen molar-refractivity contribution in [3.8, 4) is 0 Å². The van der Waals surface area contributed by atoms with E-state index in [2.05, 4.69) is 15.3 Å². The molecular weight excluding hydrogens is 324 g/mol. The van der Waals surface area contributed by atoms with Crippen LogP contribution in [0.2, 0.25) is 5.02 Å². The van der Waals surface area contributed by atoms with Gasteiger partial charge in [0.05, 0.1) is 11.7 Å². The summed E-state index contributed by atoms with van der Waals surface area (Å²) >= 11 is 5.97. The molecule has 0 fully saturated rings. The topological polar surface area (TPSA) is 50.2 Å². The Morgan fingerprint density at radius 1 is 1.29 bits per heavy atom. The molecule has 6 heteroatoms. The smallest absolute Gasteiger partial charge is 0.242 e. The van der Waals surface area contributed by atoms with Crippen molar-refractivity contribution in [1.29, 1.82) is 0 Å². The van der Waals surface area contributed by atoms with Crippen molar-refractivity contribution >= 4 is 17.5 Å². The van der Waals surface area contributed by atoms with E-state index in [1.807, 2.05) is 58.3 Å². The zero-order valence-electron chi connectivity index (χ0n) is 14.7. The largest absolute Gasteiger partial charge is 0.348 e. The molecule has 130 valence electrons. The molecule has 0 aliphatic rings. The number of hydrogen-bond donors (Lipinski definition) is 1. The third kappa shape index (κ3) is 5.35. The Morgan fingerprint density at radius 3 is 2.50 bits per heavy atom. The van der Waals surface area contributed by atoms with Crippen molar-refractivity contribution < 1.29 is 4.79 Å². The van der Waals surface area contributed by atoms with Crippen molar-refractivity contribution in [2.75, 3.05) is 20.6 Å². The van der Waals surface area contributed by atoms with Crippen molar-refractivity contribution in [3.05, 3.63) is 52.3 Å². The Bertz CT molecular complexity index is 679. The zero-order valence-corrected chi connectivity index (χ0v) is 15.5. The van der Waals surface area contributed by atoms with E-state index in [9.17, 15) is 4.79 Å². The molecular formula is C18H25ClN4O. The fourth-order valence-electron chi connectivity index (χ4n) is 2.62. The summed E-state index contributed by atoms with van der Waals surface area (Å²) in [5, 5.41) is 8.16. The summed E-state index contributed by atoms with van der Waals surface area (Å²) in [4.78, 5) is 14.6. The van der Waals surface area contributed by atoms with Crippen LogP contribution in [0.5, 0.6) is 0 Å². The van der Waals surface area contributed by atoms with Crippen LogP contribution in [0.3, 0.4) is 0 Å². The number of aromatic nitrogens is 2. The first-order chi connectivity index (χ1) is 11.3. The first-order valence-corrected chi connectivity index (χ1v) is 8.43. The maximum atomic E-state index is 12.5. The quantitative estimate of drug-likeness (QED) is 0.837. The predicted octanol–water partition coefficient (Wildman–Crippen LogP) is 2.96. The molecule has 0 aliphatic heterocycles. The van der Waals surface area contributed by atoms with Crippen LogP contribution in [0.1, 0.15) is 29.4 Å². The Morgan fingerprint density at radius 2 is 1.96 bits per heavy atom. The van der Waals surface area contributed by atoms with E-state index in [1.54, 1.807) is 4.68 Å². The lowest BCUT2D eigenvalue weighted by atomic mass is 10.0. The molecule has 2 aromatic rings. The van der Waals surface area contributed by atoms with E-state index in [-0.39, 0.29) is 18.5 Å². The fourth-order valence-corrected chi connectivity index (χ4v) is 2.74. The molecule has 0 saturated carbocycles. The van der Waals surface area contributed by atoms with E-state index in [0.29, 0.717) is 5.02 Å². The summed E-state index contributed by atoms with van der Waals surface area (Å²) in [5.41, 5.74) is 2.96. The molecule has 0 saturated heterocycles. The summed E-state index contributed by atoms with van der Waals surface area (Å²) in [6, 6.07) is 9.56. The van der Waals surface area contributed by atoms with Gasteiger partial charge < -0.3 is 10.2 Å². The summed E-state index contributed by atoms with van der Waals surface area (Å²) in [6.45, 7) is 4.99. The van der Waals surface area contributed by atoms with Crippen LogP contribution >= 0.6 is 11.6 Å². The Hall–Kier alpha value is -1.85. The number of rotatable bonds is 7. The molecule has 0 radical (unpaired) electrons. The van der Waals surface area contributed by atoms with Gasteiger partial charge in [-0.1, -0.05) is 23.7 Å². The van der Waals surface area contributed by atoms with Crippen LogP contribution in [0.25, 0.3) is 0 Å². The minimum Gasteiger partial charge on any atom is -0.348 e. The molecule has 1 N–H and O–H groups in total. The van der Waals surface area contributed by atoms with E-state index in [0.717, 1.165) is 29.9 Å². The molecule has 1 aromatic carbocycles. The average Bonchev–Trinajstić information content (AvgIpc) is 2.82. The van der Waals surface area contributed by atoms with E-state index < -0.39 is 0 Å². The van der Waals surface area contributed by atoms with E-state index in [4.69, 9.17) is 11.6 Å². The summed E-state index contributed by atoms with van der Waals surface area (Å²) in [7, 11) is 4.05. The van der Waals surface area contributed by atoms with Gasteiger partial charge in [-0.3, -0.25) is 9.48 Å². The highest BCUT2D eigenvalue weighted by Crippen LogP contribution is 2.20. The van der Waals surface area contributed by atoms with Crippen molar-refractivity contribution in [3.63, 3.8) is 0 Å². The molecule has 24 heavy (non-hydrogen) atoms. The van der Waals surface area contributed by atoms with Crippen LogP contribution in [0, 0.1) is 13.8 Å². The number of nitrogens with one attached hydrogen (secondary N) is 1. The van der Waals surface area contributed by atoms with Crippen LogP contribution in [-0.4, -0.2) is 41.2 Å². The van der Waals surface area contributed by atoms with Gasteiger partial charge in [-0.15, -0.1) is 0 Å². The highest BCUT2D eigenvalue weighted by atomic mass is 35.5. The third-order valence-electron chi connectivity index (χ3n) is 3.87. The Balaban J connectivity index is 2.07. The molecule has 1 atom stereocenters. The lowest BCUT2D eigenvalue weighted by Crippen LogP contribution is -2.33. The normalized spacial score (nSPS) is 12.4. The number of aryl methyl sites for hydroxylation is 2. The molecule has 1 aromatic heterocycles. The van der Waals surface area contributed by atoms with Gasteiger partial charge in [0.25, 0.3) is 0 Å². The van der Waals surface area contributed by atoms with Gasteiger partial charge in [0.15, 0.2) is 0 Å². The second-order valence-corrected chi connectivity index (χ2v) is 6.78. The van der Waals surface area contributed by atoms with E-state index >= 15 is 0 Å². The predicted molar refractivity (Wildman–Crippen MR) is 97.2 cm³/mol. The minimum atomic E-state index is -0.0471. The summed E-state index contributed by atoms with van der Waals surface area (Å²) < 4.78 is 1.73. The maximum absolute atomic E-state index is 12.5. The number of hydrogen-bond acceptors (Lipinski definition) is 3. The number of carbonyl (C=O) groups is 1. The summed E-state index contributed by atoms with van der Waals surface area (Å²) in [6.07, 6.45) is 0.831. The second kappa shape index (κ2) is 8.31. The van der Waals surface area contributed by atoms with Gasteiger partial charge in [0.1, 0.15) is 6.54 Å². The third-order valence-corrected chi connectivity index (χ3v) is 4.12. The van der Waals surface area contributed by atoms with Gasteiger partial charge in [0.2, 0.25) is 5.91 Å². The van der Waals surface area contributed by atoms with E-state index in [1.165, 1.54) is 0 Å². The highest BCUT2D eigenvalue weighted by Gasteiger charge is 2.16. The number of amides is 1. The molecule has 1 unspecified atom stereocenters. The van der Waals surface area contributed by atoms with Gasteiger partial charge >= 0.3 is 0 Å². The molecule has 0 spiro atoms. The lowest BCUT2D eigenvalue weighted by molar-refractivity contribution is -0.122. The first-order valence-electron chi connectivity index (χ1n) is 8.06. The number of benzene rings is 1. The molecule has 2 rings (SSSR count). The van der Waals surface area contributed by atoms with Crippen LogP contribution in [-0.2, 0) is 11.3 Å². The lowest BCUT2D eigenvalue weighted by Gasteiger charge is -2.21. The number of carbonyl (C=O) groups excluding carboxylic acids is 1. The average molecular weight is 349 g/mol. The van der Waals surface area contributed by atoms with Gasteiger partial charge in [0, 0.05) is 10.7 Å². The summed E-state index contributed by atoms with van der Waals surface area (Å²) in [5.74, 6) is -0.0418. The van der Waals surface area contributed by atoms with Gasteiger partial charge in [-0.05, 0) is 64.7 Å². The molecule has 1 heterocycles. The van der Waals surface area contributed by atoms with Crippen molar-refractivity contribution in [1.82, 2.24) is 20.0 Å². The Kier molecular flexibility index (Phi) is 6.40. The standard InChI is InChI=1S/C18H25ClN4O/c1-13-11-14(2)23(21-13)12-18(24)20-17(9-10-22(3)4)15-5-7-16(19)8-6-15/h5-8,11,17H,9-10,12H2,1-4H3,(H,20,24). The van der Waals surface area contributed by atoms with Crippen LogP contribution in [0.4, 0.5) is 0 Å². The van der Waals surface area contributed by atoms with Crippen LogP contribution < -0.4 is 5.32 Å². The Labute approximate surface area is 148 Å². The van der Waals surface area contributed by atoms with Gasteiger partial charge in [-0.2, -0.15) is 5.10 Å². The molecule has 0 bridgehead atoms. The second-order valence-electron chi connectivity index (χ2n) is 6.35. The monoisotopic (exact) mass is 348 g/mol.